The van der Waals surface area contributed by atoms with Crippen LogP contribution in [0, 0.1) is 6.92 Å². The predicted molar refractivity (Wildman–Crippen MR) is 63.2 cm³/mol. The molecule has 1 aromatic carbocycles. The second-order valence-electron chi connectivity index (χ2n) is 3.43. The summed E-state index contributed by atoms with van der Waals surface area (Å²) in [5.41, 5.74) is 3.00. The van der Waals surface area contributed by atoms with E-state index in [2.05, 4.69) is 5.43 Å². The number of amides is 1. The van der Waals surface area contributed by atoms with E-state index in [0.717, 1.165) is 5.56 Å². The average Bonchev–Trinajstić information content (AvgIpc) is 2.29. The van der Waals surface area contributed by atoms with Crippen molar-refractivity contribution >= 4 is 17.5 Å². The highest BCUT2D eigenvalue weighted by Crippen LogP contribution is 2.24. The van der Waals surface area contributed by atoms with E-state index in [1.165, 1.54) is 0 Å². The van der Waals surface area contributed by atoms with Crippen LogP contribution in [-0.2, 0) is 4.79 Å². The van der Waals surface area contributed by atoms with Gasteiger partial charge >= 0.3 is 0 Å². The second-order valence-corrected chi connectivity index (χ2v) is 3.87. The molecular formula is C11H15ClN2O2. The van der Waals surface area contributed by atoms with Crippen LogP contribution in [0.15, 0.2) is 18.2 Å². The van der Waals surface area contributed by atoms with Crippen molar-refractivity contribution in [2.24, 2.45) is 5.84 Å². The monoisotopic (exact) mass is 242 g/mol. The van der Waals surface area contributed by atoms with Crippen LogP contribution in [0.25, 0.3) is 0 Å². The van der Waals surface area contributed by atoms with Crippen molar-refractivity contribution in [2.45, 2.75) is 26.4 Å². The first-order chi connectivity index (χ1) is 7.58. The Balaban J connectivity index is 2.85. The van der Waals surface area contributed by atoms with Crippen LogP contribution < -0.4 is 16.0 Å². The summed E-state index contributed by atoms with van der Waals surface area (Å²) in [7, 11) is 0. The number of rotatable bonds is 4. The van der Waals surface area contributed by atoms with Crippen molar-refractivity contribution in [3.63, 3.8) is 0 Å². The van der Waals surface area contributed by atoms with E-state index in [-0.39, 0.29) is 5.91 Å². The van der Waals surface area contributed by atoms with Crippen molar-refractivity contribution < 1.29 is 9.53 Å². The molecule has 0 aliphatic heterocycles. The number of carbonyl (C=O) groups excluding carboxylic acids is 1. The van der Waals surface area contributed by atoms with Gasteiger partial charge in [0, 0.05) is 5.02 Å². The molecule has 1 aromatic rings. The van der Waals surface area contributed by atoms with Crippen LogP contribution in [0.4, 0.5) is 0 Å². The number of aryl methyl sites for hydroxylation is 1. The predicted octanol–water partition coefficient (Wildman–Crippen LogP) is 1.80. The van der Waals surface area contributed by atoms with E-state index in [0.29, 0.717) is 17.2 Å². The highest BCUT2D eigenvalue weighted by atomic mass is 35.5. The van der Waals surface area contributed by atoms with Gasteiger partial charge in [0.1, 0.15) is 5.75 Å². The number of halogens is 1. The molecule has 0 heterocycles. The van der Waals surface area contributed by atoms with E-state index in [1.54, 1.807) is 12.1 Å². The largest absolute Gasteiger partial charge is 0.480 e. The van der Waals surface area contributed by atoms with Gasteiger partial charge in [0.05, 0.1) is 0 Å². The maximum Gasteiger partial charge on any atom is 0.274 e. The lowest BCUT2D eigenvalue weighted by atomic mass is 10.2. The molecule has 5 heteroatoms. The minimum absolute atomic E-state index is 0.345. The number of nitrogens with two attached hydrogens (primary N) is 1. The molecule has 0 saturated heterocycles. The Bertz CT molecular complexity index is 382. The van der Waals surface area contributed by atoms with Crippen molar-refractivity contribution in [3.05, 3.63) is 28.8 Å². The van der Waals surface area contributed by atoms with Crippen molar-refractivity contribution in [2.75, 3.05) is 0 Å². The first kappa shape index (κ1) is 12.8. The minimum Gasteiger partial charge on any atom is -0.480 e. The molecule has 0 aliphatic rings. The van der Waals surface area contributed by atoms with Crippen LogP contribution in [0.5, 0.6) is 5.75 Å². The summed E-state index contributed by atoms with van der Waals surface area (Å²) >= 11 is 5.85. The fourth-order valence-electron chi connectivity index (χ4n) is 1.27. The fraction of sp³-hybridized carbons (Fsp3) is 0.364. The third-order valence-corrected chi connectivity index (χ3v) is 2.46. The Kier molecular flexibility index (Phi) is 4.58. The lowest BCUT2D eigenvalue weighted by molar-refractivity contribution is -0.128. The van der Waals surface area contributed by atoms with Crippen LogP contribution in [0.3, 0.4) is 0 Å². The molecule has 16 heavy (non-hydrogen) atoms. The van der Waals surface area contributed by atoms with E-state index in [9.17, 15) is 4.79 Å². The summed E-state index contributed by atoms with van der Waals surface area (Å²) in [6.45, 7) is 3.73. The maximum atomic E-state index is 11.3. The average molecular weight is 243 g/mol. The van der Waals surface area contributed by atoms with Gasteiger partial charge in [-0.3, -0.25) is 10.2 Å². The van der Waals surface area contributed by atoms with E-state index < -0.39 is 6.10 Å². The van der Waals surface area contributed by atoms with Crippen LogP contribution in [0.1, 0.15) is 18.9 Å². The van der Waals surface area contributed by atoms with Crippen molar-refractivity contribution in [1.29, 1.82) is 0 Å². The molecular weight excluding hydrogens is 228 g/mol. The number of carbonyl (C=O) groups is 1. The van der Waals surface area contributed by atoms with E-state index in [1.807, 2.05) is 19.9 Å². The molecule has 4 nitrogen and oxygen atoms in total. The molecule has 0 radical (unpaired) electrons. The Morgan fingerprint density at radius 1 is 1.62 bits per heavy atom. The quantitative estimate of drug-likeness (QED) is 0.481. The highest BCUT2D eigenvalue weighted by Gasteiger charge is 2.17. The molecule has 0 bridgehead atoms. The first-order valence-electron chi connectivity index (χ1n) is 5.01. The zero-order valence-electron chi connectivity index (χ0n) is 9.29. The summed E-state index contributed by atoms with van der Waals surface area (Å²) in [6.07, 6.45) is -0.0585. The van der Waals surface area contributed by atoms with Gasteiger partial charge in [0.25, 0.3) is 5.91 Å². The third-order valence-electron chi connectivity index (χ3n) is 2.22. The van der Waals surface area contributed by atoms with Gasteiger partial charge < -0.3 is 4.74 Å². The Hall–Kier alpha value is -1.26. The molecule has 88 valence electrons. The molecule has 0 fully saturated rings. The molecule has 1 atom stereocenters. The van der Waals surface area contributed by atoms with E-state index >= 15 is 0 Å². The Morgan fingerprint density at radius 3 is 2.88 bits per heavy atom. The summed E-state index contributed by atoms with van der Waals surface area (Å²) in [5.74, 6) is 5.32. The van der Waals surface area contributed by atoms with Crippen molar-refractivity contribution in [3.8, 4) is 5.75 Å². The summed E-state index contributed by atoms with van der Waals surface area (Å²) in [4.78, 5) is 11.3. The number of hydrogen-bond acceptors (Lipinski definition) is 3. The van der Waals surface area contributed by atoms with Gasteiger partial charge in [0.15, 0.2) is 6.10 Å². The standard InChI is InChI=1S/C11H15ClN2O2/c1-3-9(11(15)14-13)16-10-6-8(12)5-4-7(10)2/h4-6,9H,3,13H2,1-2H3,(H,14,15). The lowest BCUT2D eigenvalue weighted by Crippen LogP contribution is -2.41. The summed E-state index contributed by atoms with van der Waals surface area (Å²) in [6, 6.07) is 5.29. The molecule has 0 saturated carbocycles. The Labute approximate surface area is 99.7 Å². The SMILES string of the molecule is CCC(Oc1cc(Cl)ccc1C)C(=O)NN. The van der Waals surface area contributed by atoms with Gasteiger partial charge in [-0.2, -0.15) is 0 Å². The molecule has 1 rings (SSSR count). The van der Waals surface area contributed by atoms with Gasteiger partial charge in [0.2, 0.25) is 0 Å². The molecule has 0 aliphatic carbocycles. The number of hydrazine groups is 1. The lowest BCUT2D eigenvalue weighted by Gasteiger charge is -2.17. The summed E-state index contributed by atoms with van der Waals surface area (Å²) < 4.78 is 5.55. The first-order valence-corrected chi connectivity index (χ1v) is 5.39. The second kappa shape index (κ2) is 5.72. The molecule has 0 aromatic heterocycles. The molecule has 1 amide bonds. The van der Waals surface area contributed by atoms with Gasteiger partial charge in [-0.25, -0.2) is 5.84 Å². The van der Waals surface area contributed by atoms with Gasteiger partial charge in [-0.1, -0.05) is 24.6 Å². The molecule has 1 unspecified atom stereocenters. The number of benzene rings is 1. The number of ether oxygens (including phenoxy) is 1. The minimum atomic E-state index is -0.595. The number of hydrogen-bond donors (Lipinski definition) is 2. The molecule has 3 N–H and O–H groups in total. The maximum absolute atomic E-state index is 11.3. The topological polar surface area (TPSA) is 64.3 Å². The van der Waals surface area contributed by atoms with Crippen LogP contribution in [-0.4, -0.2) is 12.0 Å². The van der Waals surface area contributed by atoms with Crippen LogP contribution >= 0.6 is 11.6 Å². The molecule has 0 spiro atoms. The third kappa shape index (κ3) is 3.12. The smallest absolute Gasteiger partial charge is 0.274 e. The van der Waals surface area contributed by atoms with E-state index in [4.69, 9.17) is 22.2 Å². The van der Waals surface area contributed by atoms with Gasteiger partial charge in [-0.15, -0.1) is 0 Å². The van der Waals surface area contributed by atoms with Gasteiger partial charge in [-0.05, 0) is 31.0 Å². The zero-order valence-corrected chi connectivity index (χ0v) is 10.0. The number of nitrogens with one attached hydrogen (secondary N) is 1. The Morgan fingerprint density at radius 2 is 2.31 bits per heavy atom. The zero-order chi connectivity index (χ0) is 12.1. The normalized spacial score (nSPS) is 12.0. The highest BCUT2D eigenvalue weighted by molar-refractivity contribution is 6.30. The fourth-order valence-corrected chi connectivity index (χ4v) is 1.43. The van der Waals surface area contributed by atoms with Crippen molar-refractivity contribution in [1.82, 2.24) is 5.43 Å². The summed E-state index contributed by atoms with van der Waals surface area (Å²) in [5, 5.41) is 0.573. The van der Waals surface area contributed by atoms with Crippen LogP contribution in [0.2, 0.25) is 5.02 Å².